The first-order valence-electron chi connectivity index (χ1n) is 29.1. The van der Waals surface area contributed by atoms with Crippen LogP contribution in [0.3, 0.4) is 0 Å². The van der Waals surface area contributed by atoms with E-state index in [1.165, 1.54) is 75.2 Å². The van der Waals surface area contributed by atoms with Gasteiger partial charge in [-0.3, -0.25) is 0 Å². The van der Waals surface area contributed by atoms with E-state index >= 15 is 0 Å². The lowest BCUT2D eigenvalue weighted by molar-refractivity contribution is -0.366. The number of halogens is 2. The quantitative estimate of drug-likeness (QED) is 0.0717. The van der Waals surface area contributed by atoms with Crippen LogP contribution in [0.15, 0.2) is 84.9 Å². The molecule has 434 valence electrons. The Hall–Kier alpha value is -2.59. The summed E-state index contributed by atoms with van der Waals surface area (Å²) in [5.41, 5.74) is 8.00. The van der Waals surface area contributed by atoms with Crippen LogP contribution in [0.25, 0.3) is 0 Å². The number of aliphatic hydroxyl groups excluding tert-OH is 4. The largest absolute Gasteiger partial charge is 0.412 e. The standard InChI is InChI=1S/C35H53ClO5Si2.C28H35ClO7/c1-9-31-24(2)32(40-42(3,4)5)33(41-43(6,7)8)35(37,39-31)29-16-17-30(36)27(21-29)20-25-12-14-26(15-13-25)28-22-34(38-23-28)18-10-11-19-34;1-34-28(26(33)25(32)24(31)23(15-30)36-28)21-8-9-22(29)19(13-21)12-17-4-6-18(7-5-17)20-14-27(35-16-20)10-2-3-11-27/h12-17,21,24,28,31-33,37H,9-11,18-20,22-23H2,1-8H3;4-9,13,20,23-26,30-33H,2-3,10-12,14-16H2,1H3/t24-,28?,31-,32+,33-,35?;20?,23-,24-,25+,26-,28?/m11/s1. The van der Waals surface area contributed by atoms with Gasteiger partial charge in [0.1, 0.15) is 30.5 Å². The predicted octanol–water partition coefficient (Wildman–Crippen LogP) is 11.8. The van der Waals surface area contributed by atoms with E-state index in [9.17, 15) is 25.5 Å². The Kier molecular flexibility index (Phi) is 19.0. The van der Waals surface area contributed by atoms with E-state index in [2.05, 4.69) is 102 Å². The molecule has 0 bridgehead atoms. The van der Waals surface area contributed by atoms with Crippen LogP contribution in [-0.2, 0) is 57.0 Å². The molecule has 6 aliphatic rings. The first-order valence-corrected chi connectivity index (χ1v) is 36.7. The maximum Gasteiger partial charge on any atom is 0.224 e. The molecule has 5 N–H and O–H groups in total. The van der Waals surface area contributed by atoms with Crippen molar-refractivity contribution in [2.45, 2.75) is 214 Å². The van der Waals surface area contributed by atoms with Crippen molar-refractivity contribution in [2.24, 2.45) is 5.92 Å². The molecule has 4 saturated heterocycles. The van der Waals surface area contributed by atoms with E-state index in [-0.39, 0.29) is 29.3 Å². The molecule has 10 rings (SSSR count). The molecule has 4 aliphatic heterocycles. The molecule has 4 aromatic carbocycles. The molecule has 4 unspecified atom stereocenters. The summed E-state index contributed by atoms with van der Waals surface area (Å²) in [5.74, 6) is -2.44. The number of rotatable bonds is 15. The lowest BCUT2D eigenvalue weighted by Gasteiger charge is -2.53. The fraction of sp³-hybridized carbons (Fsp3) is 0.619. The molecule has 79 heavy (non-hydrogen) atoms. The topological polar surface area (TPSA) is 166 Å². The van der Waals surface area contributed by atoms with Crippen molar-refractivity contribution in [3.05, 3.63) is 139 Å². The Balaban J connectivity index is 0.000000195. The smallest absolute Gasteiger partial charge is 0.224 e. The minimum Gasteiger partial charge on any atom is -0.412 e. The molecular formula is C63H88Cl2O12Si2. The van der Waals surface area contributed by atoms with Crippen molar-refractivity contribution >= 4 is 39.8 Å². The summed E-state index contributed by atoms with van der Waals surface area (Å²) in [4.78, 5) is 0. The highest BCUT2D eigenvalue weighted by molar-refractivity contribution is 6.70. The van der Waals surface area contributed by atoms with Crippen LogP contribution in [-0.4, -0.2) is 123 Å². The molecule has 2 saturated carbocycles. The summed E-state index contributed by atoms with van der Waals surface area (Å²) < 4.78 is 44.1. The Morgan fingerprint density at radius 1 is 0.620 bits per heavy atom. The van der Waals surface area contributed by atoms with E-state index in [1.54, 1.807) is 18.2 Å². The molecule has 12 atom stereocenters. The van der Waals surface area contributed by atoms with E-state index in [4.69, 9.17) is 55.7 Å². The molecule has 12 nitrogen and oxygen atoms in total. The number of hydrogen-bond donors (Lipinski definition) is 5. The zero-order chi connectivity index (χ0) is 56.7. The van der Waals surface area contributed by atoms with Crippen LogP contribution in [0.5, 0.6) is 0 Å². The van der Waals surface area contributed by atoms with Crippen molar-refractivity contribution in [2.75, 3.05) is 26.9 Å². The fourth-order valence-corrected chi connectivity index (χ4v) is 16.1. The van der Waals surface area contributed by atoms with Gasteiger partial charge in [0.15, 0.2) is 16.6 Å². The highest BCUT2D eigenvalue weighted by atomic mass is 35.5. The van der Waals surface area contributed by atoms with Crippen LogP contribution >= 0.6 is 23.2 Å². The second kappa shape index (κ2) is 24.6. The van der Waals surface area contributed by atoms with Gasteiger partial charge in [0.05, 0.1) is 43.2 Å². The average Bonchev–Trinajstić information content (AvgIpc) is 4.28. The van der Waals surface area contributed by atoms with Crippen LogP contribution in [0.2, 0.25) is 49.3 Å². The maximum atomic E-state index is 12.5. The minimum atomic E-state index is -2.10. The van der Waals surface area contributed by atoms with Gasteiger partial charge in [-0.2, -0.15) is 0 Å². The van der Waals surface area contributed by atoms with Gasteiger partial charge in [-0.25, -0.2) is 0 Å². The fourth-order valence-electron chi connectivity index (χ4n) is 13.5. The van der Waals surface area contributed by atoms with Crippen LogP contribution < -0.4 is 0 Å². The van der Waals surface area contributed by atoms with E-state index in [0.29, 0.717) is 45.8 Å². The highest BCUT2D eigenvalue weighted by Gasteiger charge is 2.57. The summed E-state index contributed by atoms with van der Waals surface area (Å²) in [6.45, 7) is 18.4. The molecule has 2 spiro atoms. The number of methoxy groups -OCH3 is 1. The Morgan fingerprint density at radius 3 is 1.53 bits per heavy atom. The monoisotopic (exact) mass is 1160 g/mol. The van der Waals surface area contributed by atoms with Gasteiger partial charge in [-0.1, -0.05) is 123 Å². The van der Waals surface area contributed by atoms with Gasteiger partial charge >= 0.3 is 0 Å². The van der Waals surface area contributed by atoms with Gasteiger partial charge in [0, 0.05) is 46.0 Å². The van der Waals surface area contributed by atoms with E-state index in [1.807, 2.05) is 18.2 Å². The third kappa shape index (κ3) is 13.4. The minimum absolute atomic E-state index is 0.0810. The maximum absolute atomic E-state index is 12.5. The molecule has 16 heteroatoms. The lowest BCUT2D eigenvalue weighted by Crippen LogP contribution is -2.64. The number of benzene rings is 4. The second-order valence-corrected chi connectivity index (χ2v) is 35.5. The van der Waals surface area contributed by atoms with Crippen LogP contribution in [0, 0.1) is 5.92 Å². The zero-order valence-corrected chi connectivity index (χ0v) is 51.5. The van der Waals surface area contributed by atoms with Crippen molar-refractivity contribution in [3.63, 3.8) is 0 Å². The Bertz CT molecular complexity index is 2670. The van der Waals surface area contributed by atoms with Crippen molar-refractivity contribution in [3.8, 4) is 0 Å². The van der Waals surface area contributed by atoms with Gasteiger partial charge in [0.2, 0.25) is 11.6 Å². The number of hydrogen-bond acceptors (Lipinski definition) is 12. The molecule has 2 aliphatic carbocycles. The number of ether oxygens (including phenoxy) is 5. The Labute approximate surface area is 481 Å². The molecule has 0 aromatic heterocycles. The lowest BCUT2D eigenvalue weighted by atomic mass is 9.82. The summed E-state index contributed by atoms with van der Waals surface area (Å²) in [7, 11) is -2.72. The van der Waals surface area contributed by atoms with Crippen molar-refractivity contribution in [1.82, 2.24) is 0 Å². The summed E-state index contributed by atoms with van der Waals surface area (Å²) in [6.07, 6.45) is 7.27. The summed E-state index contributed by atoms with van der Waals surface area (Å²) >= 11 is 13.3. The molecular weight excluding hydrogens is 1080 g/mol. The average molecular weight is 1160 g/mol. The summed E-state index contributed by atoms with van der Waals surface area (Å²) in [5, 5.41) is 54.8. The normalized spacial score (nSPS) is 32.4. The molecule has 0 radical (unpaired) electrons. The molecule has 4 heterocycles. The molecule has 4 aromatic rings. The first kappa shape index (κ1) is 61.0. The van der Waals surface area contributed by atoms with Gasteiger partial charge in [0.25, 0.3) is 0 Å². The predicted molar refractivity (Wildman–Crippen MR) is 314 cm³/mol. The van der Waals surface area contributed by atoms with E-state index in [0.717, 1.165) is 49.2 Å². The highest BCUT2D eigenvalue weighted by Crippen LogP contribution is 2.49. The van der Waals surface area contributed by atoms with Gasteiger partial charge in [-0.05, 0) is 155 Å². The third-order valence-electron chi connectivity index (χ3n) is 17.8. The van der Waals surface area contributed by atoms with Gasteiger partial charge < -0.3 is 58.1 Å². The van der Waals surface area contributed by atoms with Gasteiger partial charge in [-0.15, -0.1) is 0 Å². The second-order valence-electron chi connectivity index (χ2n) is 25.8. The zero-order valence-electron chi connectivity index (χ0n) is 48.0. The van der Waals surface area contributed by atoms with E-state index < -0.39 is 65.3 Å². The summed E-state index contributed by atoms with van der Waals surface area (Å²) in [6, 6.07) is 28.4. The first-order chi connectivity index (χ1) is 37.4. The van der Waals surface area contributed by atoms with Crippen molar-refractivity contribution < 1.29 is 58.1 Å². The Morgan fingerprint density at radius 2 is 1.09 bits per heavy atom. The van der Waals surface area contributed by atoms with Crippen LogP contribution in [0.1, 0.15) is 141 Å². The molecule has 0 amide bonds. The SMILES string of the molecule is CC[C@H]1OC(O)(c2ccc(Cl)c(Cc3ccc(C4COC5(CCCC5)C4)cc3)c2)[C@H](O[Si](C)(C)C)[C@@H](O[Si](C)(C)C)[C@@H]1C.COC1(c2ccc(Cl)c(Cc3ccc(C4COC5(CCCC5)C4)cc3)c2)O[C@H](CO)[C@@H](O)[C@H](O)[C@H]1O. The van der Waals surface area contributed by atoms with Crippen molar-refractivity contribution in [1.29, 1.82) is 0 Å². The molecule has 6 fully saturated rings. The third-order valence-corrected chi connectivity index (χ3v) is 20.5. The number of aliphatic hydroxyl groups is 5. The van der Waals surface area contributed by atoms with Crippen LogP contribution in [0.4, 0.5) is 0 Å².